The molecular formula is C12H23NO. The standard InChI is InChI=1S/C12H23NO/c1-10(11-2-3-11)4-5-12(14)6-8-13-9-7-12/h10-11,13-14H,2-9H2,1H3. The van der Waals surface area contributed by atoms with Crippen LogP contribution in [0.3, 0.4) is 0 Å². The van der Waals surface area contributed by atoms with Crippen molar-refractivity contribution in [2.45, 2.75) is 51.0 Å². The van der Waals surface area contributed by atoms with Gasteiger partial charge in [0.1, 0.15) is 0 Å². The molecule has 0 spiro atoms. The van der Waals surface area contributed by atoms with Gasteiger partial charge in [0.2, 0.25) is 0 Å². The number of hydrogen-bond donors (Lipinski definition) is 2. The Bertz CT molecular complexity index is 183. The molecule has 1 heterocycles. The van der Waals surface area contributed by atoms with E-state index in [9.17, 15) is 5.11 Å². The lowest BCUT2D eigenvalue weighted by molar-refractivity contribution is -0.00298. The Morgan fingerprint density at radius 3 is 2.57 bits per heavy atom. The highest BCUT2D eigenvalue weighted by Gasteiger charge is 2.32. The van der Waals surface area contributed by atoms with Gasteiger partial charge in [-0.05, 0) is 63.5 Å². The second-order valence-corrected chi connectivity index (χ2v) is 5.33. The summed E-state index contributed by atoms with van der Waals surface area (Å²) in [6.07, 6.45) is 7.00. The molecule has 82 valence electrons. The van der Waals surface area contributed by atoms with Crippen LogP contribution in [-0.2, 0) is 0 Å². The zero-order chi connectivity index (χ0) is 10.0. The average molecular weight is 197 g/mol. The molecule has 1 atom stereocenters. The Balaban J connectivity index is 1.71. The number of aliphatic hydroxyl groups is 1. The van der Waals surface area contributed by atoms with Gasteiger partial charge in [-0.15, -0.1) is 0 Å². The molecule has 1 aliphatic carbocycles. The first-order valence-corrected chi connectivity index (χ1v) is 6.13. The molecule has 0 aromatic heterocycles. The van der Waals surface area contributed by atoms with Gasteiger partial charge in [0.25, 0.3) is 0 Å². The normalized spacial score (nSPS) is 28.7. The number of hydrogen-bond acceptors (Lipinski definition) is 2. The Labute approximate surface area is 87.1 Å². The van der Waals surface area contributed by atoms with Gasteiger partial charge in [-0.3, -0.25) is 0 Å². The fraction of sp³-hybridized carbons (Fsp3) is 1.00. The van der Waals surface area contributed by atoms with Gasteiger partial charge in [0, 0.05) is 0 Å². The van der Waals surface area contributed by atoms with E-state index in [2.05, 4.69) is 12.2 Å². The maximum atomic E-state index is 10.3. The fourth-order valence-electron chi connectivity index (χ4n) is 2.54. The topological polar surface area (TPSA) is 32.3 Å². The second kappa shape index (κ2) is 4.19. The smallest absolute Gasteiger partial charge is 0.0672 e. The van der Waals surface area contributed by atoms with Crippen LogP contribution in [-0.4, -0.2) is 23.8 Å². The van der Waals surface area contributed by atoms with Crippen molar-refractivity contribution in [2.24, 2.45) is 11.8 Å². The predicted molar refractivity (Wildman–Crippen MR) is 58.2 cm³/mol. The Kier molecular flexibility index (Phi) is 3.13. The van der Waals surface area contributed by atoms with E-state index in [-0.39, 0.29) is 5.60 Å². The molecule has 0 aromatic rings. The quantitative estimate of drug-likeness (QED) is 0.722. The van der Waals surface area contributed by atoms with Crippen molar-refractivity contribution in [3.63, 3.8) is 0 Å². The largest absolute Gasteiger partial charge is 0.390 e. The Morgan fingerprint density at radius 2 is 2.00 bits per heavy atom. The van der Waals surface area contributed by atoms with E-state index in [1.807, 2.05) is 0 Å². The van der Waals surface area contributed by atoms with Crippen LogP contribution in [0.1, 0.15) is 45.4 Å². The van der Waals surface area contributed by atoms with Crippen molar-refractivity contribution >= 4 is 0 Å². The molecule has 2 fully saturated rings. The average Bonchev–Trinajstić information content (AvgIpc) is 2.99. The van der Waals surface area contributed by atoms with E-state index < -0.39 is 0 Å². The summed E-state index contributed by atoms with van der Waals surface area (Å²) in [7, 11) is 0. The molecular weight excluding hydrogens is 174 g/mol. The first kappa shape index (κ1) is 10.4. The monoisotopic (exact) mass is 197 g/mol. The lowest BCUT2D eigenvalue weighted by Crippen LogP contribution is -2.42. The summed E-state index contributed by atoms with van der Waals surface area (Å²) in [6, 6.07) is 0. The van der Waals surface area contributed by atoms with E-state index >= 15 is 0 Å². The minimum atomic E-state index is -0.339. The van der Waals surface area contributed by atoms with Crippen LogP contribution in [0.5, 0.6) is 0 Å². The SMILES string of the molecule is CC(CCC1(O)CCNCC1)C1CC1. The molecule has 1 unspecified atom stereocenters. The summed E-state index contributed by atoms with van der Waals surface area (Å²) >= 11 is 0. The van der Waals surface area contributed by atoms with E-state index in [1.54, 1.807) is 0 Å². The van der Waals surface area contributed by atoms with E-state index in [1.165, 1.54) is 19.3 Å². The minimum absolute atomic E-state index is 0.339. The highest BCUT2D eigenvalue weighted by molar-refractivity contribution is 4.86. The van der Waals surface area contributed by atoms with Crippen molar-refractivity contribution in [3.05, 3.63) is 0 Å². The van der Waals surface area contributed by atoms with Crippen LogP contribution in [0.15, 0.2) is 0 Å². The highest BCUT2D eigenvalue weighted by Crippen LogP contribution is 2.40. The third kappa shape index (κ3) is 2.71. The summed E-state index contributed by atoms with van der Waals surface area (Å²) in [5, 5.41) is 13.6. The van der Waals surface area contributed by atoms with E-state index in [4.69, 9.17) is 0 Å². The predicted octanol–water partition coefficient (Wildman–Crippen LogP) is 1.93. The molecule has 2 N–H and O–H groups in total. The zero-order valence-electron chi connectivity index (χ0n) is 9.26. The Morgan fingerprint density at radius 1 is 1.36 bits per heavy atom. The molecule has 2 heteroatoms. The van der Waals surface area contributed by atoms with Crippen molar-refractivity contribution in [3.8, 4) is 0 Å². The third-order valence-electron chi connectivity index (χ3n) is 4.03. The van der Waals surface area contributed by atoms with Crippen molar-refractivity contribution in [1.29, 1.82) is 0 Å². The minimum Gasteiger partial charge on any atom is -0.390 e. The van der Waals surface area contributed by atoms with Gasteiger partial charge in [-0.1, -0.05) is 6.92 Å². The second-order valence-electron chi connectivity index (χ2n) is 5.33. The van der Waals surface area contributed by atoms with Gasteiger partial charge in [-0.25, -0.2) is 0 Å². The third-order valence-corrected chi connectivity index (χ3v) is 4.03. The van der Waals surface area contributed by atoms with Crippen LogP contribution in [0, 0.1) is 11.8 Å². The number of piperidine rings is 1. The molecule has 0 radical (unpaired) electrons. The summed E-state index contributed by atoms with van der Waals surface area (Å²) in [5.41, 5.74) is -0.339. The zero-order valence-corrected chi connectivity index (χ0v) is 9.26. The molecule has 2 nitrogen and oxygen atoms in total. The van der Waals surface area contributed by atoms with Crippen LogP contribution >= 0.6 is 0 Å². The van der Waals surface area contributed by atoms with Crippen LogP contribution in [0.4, 0.5) is 0 Å². The molecule has 1 saturated heterocycles. The molecule has 1 aliphatic heterocycles. The van der Waals surface area contributed by atoms with Crippen LogP contribution in [0.2, 0.25) is 0 Å². The van der Waals surface area contributed by atoms with Crippen molar-refractivity contribution in [2.75, 3.05) is 13.1 Å². The lowest BCUT2D eigenvalue weighted by Gasteiger charge is -2.33. The molecule has 0 amide bonds. The van der Waals surface area contributed by atoms with Gasteiger partial charge < -0.3 is 10.4 Å². The molecule has 2 rings (SSSR count). The van der Waals surface area contributed by atoms with Crippen LogP contribution < -0.4 is 5.32 Å². The van der Waals surface area contributed by atoms with E-state index in [0.29, 0.717) is 0 Å². The fourth-order valence-corrected chi connectivity index (χ4v) is 2.54. The first-order chi connectivity index (χ1) is 6.70. The molecule has 2 aliphatic rings. The summed E-state index contributed by atoms with van der Waals surface area (Å²) in [4.78, 5) is 0. The van der Waals surface area contributed by atoms with Crippen molar-refractivity contribution < 1.29 is 5.11 Å². The highest BCUT2D eigenvalue weighted by atomic mass is 16.3. The summed E-state index contributed by atoms with van der Waals surface area (Å²) in [6.45, 7) is 4.34. The van der Waals surface area contributed by atoms with Gasteiger partial charge in [-0.2, -0.15) is 0 Å². The van der Waals surface area contributed by atoms with Crippen molar-refractivity contribution in [1.82, 2.24) is 5.32 Å². The van der Waals surface area contributed by atoms with Crippen LogP contribution in [0.25, 0.3) is 0 Å². The molecule has 1 saturated carbocycles. The van der Waals surface area contributed by atoms with Gasteiger partial charge in [0.15, 0.2) is 0 Å². The molecule has 0 bridgehead atoms. The van der Waals surface area contributed by atoms with E-state index in [0.717, 1.165) is 44.2 Å². The number of rotatable bonds is 4. The Hall–Kier alpha value is -0.0800. The van der Waals surface area contributed by atoms with Gasteiger partial charge >= 0.3 is 0 Å². The molecule has 14 heavy (non-hydrogen) atoms. The maximum Gasteiger partial charge on any atom is 0.0672 e. The number of nitrogens with one attached hydrogen (secondary N) is 1. The molecule has 0 aromatic carbocycles. The van der Waals surface area contributed by atoms with Gasteiger partial charge in [0.05, 0.1) is 5.60 Å². The summed E-state index contributed by atoms with van der Waals surface area (Å²) in [5.74, 6) is 1.83. The maximum absolute atomic E-state index is 10.3. The first-order valence-electron chi connectivity index (χ1n) is 6.13. The lowest BCUT2D eigenvalue weighted by atomic mass is 9.84. The summed E-state index contributed by atoms with van der Waals surface area (Å²) < 4.78 is 0.